The summed E-state index contributed by atoms with van der Waals surface area (Å²) in [7, 11) is 0. The lowest BCUT2D eigenvalue weighted by molar-refractivity contribution is 0.189. The van der Waals surface area contributed by atoms with Crippen molar-refractivity contribution in [2.75, 3.05) is 31.1 Å². The molecule has 2 amide bonds. The molecule has 146 valence electrons. The number of carbonyl (C=O) groups is 1. The molecule has 28 heavy (non-hydrogen) atoms. The van der Waals surface area contributed by atoms with E-state index in [2.05, 4.69) is 32.2 Å². The first-order chi connectivity index (χ1) is 13.6. The van der Waals surface area contributed by atoms with Crippen LogP contribution in [-0.2, 0) is 0 Å². The highest BCUT2D eigenvalue weighted by atomic mass is 16.2. The summed E-state index contributed by atoms with van der Waals surface area (Å²) in [4.78, 5) is 25.6. The molecular weight excluding hydrogens is 354 g/mol. The quantitative estimate of drug-likeness (QED) is 0.753. The fourth-order valence-corrected chi connectivity index (χ4v) is 3.50. The number of fused-ring (bicyclic) bond motifs is 1. The molecule has 0 spiro atoms. The molecule has 1 aliphatic heterocycles. The predicted octanol–water partition coefficient (Wildman–Crippen LogP) is 2.42. The number of hydrogen-bond acceptors (Lipinski definition) is 5. The second-order valence-corrected chi connectivity index (χ2v) is 7.01. The van der Waals surface area contributed by atoms with Crippen molar-refractivity contribution >= 4 is 17.5 Å². The van der Waals surface area contributed by atoms with Crippen molar-refractivity contribution < 1.29 is 4.79 Å². The van der Waals surface area contributed by atoms with Crippen LogP contribution in [0.5, 0.6) is 0 Å². The highest BCUT2D eigenvalue weighted by Crippen LogP contribution is 2.17. The first-order valence-electron chi connectivity index (χ1n) is 9.68. The zero-order chi connectivity index (χ0) is 19.5. The molecule has 0 aliphatic carbocycles. The molecule has 1 fully saturated rings. The Morgan fingerprint density at radius 1 is 1.18 bits per heavy atom. The molecule has 1 N–H and O–H groups in total. The highest BCUT2D eigenvalue weighted by Gasteiger charge is 2.24. The summed E-state index contributed by atoms with van der Waals surface area (Å²) < 4.78 is 1.77. The zero-order valence-corrected chi connectivity index (χ0v) is 16.2. The van der Waals surface area contributed by atoms with Crippen molar-refractivity contribution in [3.05, 3.63) is 54.1 Å². The van der Waals surface area contributed by atoms with Crippen molar-refractivity contribution in [2.24, 2.45) is 0 Å². The standard InChI is InChI=1S/C20H25N7O/c1-3-16(17-6-4-5-15(2)22-17)23-20(28)26-13-11-25(12-14-26)19-8-7-18-21-9-10-27(18)24-19/h4-10,16H,3,11-14H2,1-2H3,(H,23,28)/t16-/m0/s1. The van der Waals surface area contributed by atoms with Gasteiger partial charge >= 0.3 is 6.03 Å². The third kappa shape index (κ3) is 3.76. The first-order valence-corrected chi connectivity index (χ1v) is 9.68. The summed E-state index contributed by atoms with van der Waals surface area (Å²) in [5, 5.41) is 7.72. The topological polar surface area (TPSA) is 78.7 Å². The van der Waals surface area contributed by atoms with Crippen LogP contribution in [0.3, 0.4) is 0 Å². The minimum atomic E-state index is -0.0734. The van der Waals surface area contributed by atoms with Gasteiger partial charge in [0.25, 0.3) is 0 Å². The van der Waals surface area contributed by atoms with Crippen LogP contribution in [0.4, 0.5) is 10.6 Å². The van der Waals surface area contributed by atoms with Gasteiger partial charge in [-0.05, 0) is 37.6 Å². The van der Waals surface area contributed by atoms with Crippen LogP contribution in [0.1, 0.15) is 30.8 Å². The van der Waals surface area contributed by atoms with Crippen molar-refractivity contribution in [2.45, 2.75) is 26.3 Å². The Morgan fingerprint density at radius 2 is 2.00 bits per heavy atom. The molecule has 1 aliphatic rings. The Balaban J connectivity index is 1.36. The molecule has 8 nitrogen and oxygen atoms in total. The van der Waals surface area contributed by atoms with Gasteiger partial charge in [-0.25, -0.2) is 14.3 Å². The molecule has 3 aromatic heterocycles. The molecule has 1 saturated heterocycles. The highest BCUT2D eigenvalue weighted by molar-refractivity contribution is 5.75. The van der Waals surface area contributed by atoms with E-state index < -0.39 is 0 Å². The number of hydrogen-bond donors (Lipinski definition) is 1. The summed E-state index contributed by atoms with van der Waals surface area (Å²) in [6, 6.07) is 9.75. The third-order valence-corrected chi connectivity index (χ3v) is 5.10. The molecule has 8 heteroatoms. The van der Waals surface area contributed by atoms with E-state index in [-0.39, 0.29) is 12.1 Å². The van der Waals surface area contributed by atoms with Gasteiger partial charge in [-0.1, -0.05) is 13.0 Å². The van der Waals surface area contributed by atoms with Crippen LogP contribution < -0.4 is 10.2 Å². The second kappa shape index (κ2) is 7.84. The fraction of sp³-hybridized carbons (Fsp3) is 0.400. The number of pyridine rings is 1. The van der Waals surface area contributed by atoms with Crippen molar-refractivity contribution in [1.29, 1.82) is 0 Å². The first kappa shape index (κ1) is 18.2. The van der Waals surface area contributed by atoms with Gasteiger partial charge in [0.15, 0.2) is 5.65 Å². The Labute approximate surface area is 164 Å². The summed E-state index contributed by atoms with van der Waals surface area (Å²) in [6.07, 6.45) is 4.38. The van der Waals surface area contributed by atoms with Crippen molar-refractivity contribution in [3.8, 4) is 0 Å². The number of piperazine rings is 1. The number of imidazole rings is 1. The second-order valence-electron chi connectivity index (χ2n) is 7.01. The van der Waals surface area contributed by atoms with Crippen LogP contribution in [0.2, 0.25) is 0 Å². The smallest absolute Gasteiger partial charge is 0.318 e. The van der Waals surface area contributed by atoms with Gasteiger partial charge in [-0.2, -0.15) is 0 Å². The normalized spacial score (nSPS) is 15.6. The van der Waals surface area contributed by atoms with Crippen LogP contribution in [0.15, 0.2) is 42.7 Å². The number of aryl methyl sites for hydroxylation is 1. The number of aromatic nitrogens is 4. The van der Waals surface area contributed by atoms with Gasteiger partial charge in [0, 0.05) is 44.3 Å². The summed E-state index contributed by atoms with van der Waals surface area (Å²) >= 11 is 0. The summed E-state index contributed by atoms with van der Waals surface area (Å²) in [6.45, 7) is 6.85. The number of nitrogens with zero attached hydrogens (tertiary/aromatic N) is 6. The lowest BCUT2D eigenvalue weighted by Gasteiger charge is -2.36. The largest absolute Gasteiger partial charge is 0.352 e. The number of amides is 2. The third-order valence-electron chi connectivity index (χ3n) is 5.10. The zero-order valence-electron chi connectivity index (χ0n) is 16.2. The lowest BCUT2D eigenvalue weighted by atomic mass is 10.1. The van der Waals surface area contributed by atoms with Gasteiger partial charge in [0.2, 0.25) is 0 Å². The minimum Gasteiger partial charge on any atom is -0.352 e. The number of anilines is 1. The molecule has 1 atom stereocenters. The van der Waals surface area contributed by atoms with E-state index >= 15 is 0 Å². The maximum absolute atomic E-state index is 12.7. The Kier molecular flexibility index (Phi) is 5.10. The van der Waals surface area contributed by atoms with Crippen LogP contribution in [0, 0.1) is 6.92 Å². The van der Waals surface area contributed by atoms with E-state index in [4.69, 9.17) is 0 Å². The van der Waals surface area contributed by atoms with Crippen LogP contribution in [0.25, 0.3) is 5.65 Å². The molecule has 0 aromatic carbocycles. The van der Waals surface area contributed by atoms with Gasteiger partial charge in [0.1, 0.15) is 5.82 Å². The SMILES string of the molecule is CC[C@H](NC(=O)N1CCN(c2ccc3nccn3n2)CC1)c1cccc(C)n1. The number of nitrogens with one attached hydrogen (secondary N) is 1. The average Bonchev–Trinajstić information content (AvgIpc) is 3.20. The van der Waals surface area contributed by atoms with Gasteiger partial charge < -0.3 is 15.1 Å². The van der Waals surface area contributed by atoms with Crippen LogP contribution in [-0.4, -0.2) is 56.7 Å². The van der Waals surface area contributed by atoms with Gasteiger partial charge in [-0.3, -0.25) is 4.98 Å². The van der Waals surface area contributed by atoms with Crippen LogP contribution >= 0.6 is 0 Å². The van der Waals surface area contributed by atoms with E-state index in [9.17, 15) is 4.79 Å². The number of urea groups is 1. The summed E-state index contributed by atoms with van der Waals surface area (Å²) in [5.74, 6) is 0.904. The van der Waals surface area contributed by atoms with E-state index in [1.165, 1.54) is 0 Å². The minimum absolute atomic E-state index is 0.0344. The molecule has 0 saturated carbocycles. The molecule has 4 rings (SSSR count). The Hall–Kier alpha value is -3.16. The monoisotopic (exact) mass is 379 g/mol. The van der Waals surface area contributed by atoms with Gasteiger partial charge in [-0.15, -0.1) is 5.10 Å². The molecule has 0 radical (unpaired) electrons. The van der Waals surface area contributed by atoms with E-state index in [0.717, 1.165) is 42.4 Å². The van der Waals surface area contributed by atoms with E-state index in [1.54, 1.807) is 10.7 Å². The molecule has 0 bridgehead atoms. The Bertz CT molecular complexity index is 962. The van der Waals surface area contributed by atoms with Crippen molar-refractivity contribution in [1.82, 2.24) is 29.8 Å². The van der Waals surface area contributed by atoms with E-state index in [1.807, 2.05) is 48.4 Å². The maximum Gasteiger partial charge on any atom is 0.318 e. The van der Waals surface area contributed by atoms with Gasteiger partial charge in [0.05, 0.1) is 11.7 Å². The fourth-order valence-electron chi connectivity index (χ4n) is 3.50. The number of carbonyl (C=O) groups excluding carboxylic acids is 1. The lowest BCUT2D eigenvalue weighted by Crippen LogP contribution is -2.52. The molecule has 0 unspecified atom stereocenters. The average molecular weight is 379 g/mol. The maximum atomic E-state index is 12.7. The molecule has 3 aromatic rings. The molecular formula is C20H25N7O. The van der Waals surface area contributed by atoms with E-state index in [0.29, 0.717) is 13.1 Å². The summed E-state index contributed by atoms with van der Waals surface area (Å²) in [5.41, 5.74) is 2.70. The predicted molar refractivity (Wildman–Crippen MR) is 107 cm³/mol. The Morgan fingerprint density at radius 3 is 2.75 bits per heavy atom. The number of rotatable bonds is 4. The molecule has 4 heterocycles. The van der Waals surface area contributed by atoms with Crippen molar-refractivity contribution in [3.63, 3.8) is 0 Å².